The van der Waals surface area contributed by atoms with Crippen molar-refractivity contribution in [2.24, 2.45) is 0 Å². The first-order valence-electron chi connectivity index (χ1n) is 3.92. The van der Waals surface area contributed by atoms with Crippen LogP contribution in [0.4, 0.5) is 4.79 Å². The fraction of sp³-hybridized carbons (Fsp3) is 0.222. The molecular formula is C9H10BrNO3. The third-order valence-corrected chi connectivity index (χ3v) is 2.14. The molecule has 0 fully saturated rings. The number of rotatable bonds is 2. The monoisotopic (exact) mass is 259 g/mol. The van der Waals surface area contributed by atoms with E-state index in [-0.39, 0.29) is 12.3 Å². The predicted octanol–water partition coefficient (Wildman–Crippen LogP) is 2.01. The van der Waals surface area contributed by atoms with Crippen molar-refractivity contribution in [1.29, 1.82) is 0 Å². The van der Waals surface area contributed by atoms with Gasteiger partial charge in [0.05, 0.1) is 7.11 Å². The van der Waals surface area contributed by atoms with Gasteiger partial charge < -0.3 is 15.2 Å². The highest BCUT2D eigenvalue weighted by atomic mass is 79.9. The van der Waals surface area contributed by atoms with Crippen LogP contribution >= 0.6 is 15.9 Å². The number of aromatic hydroxyl groups is 1. The number of carbonyl (C=O) groups is 1. The number of nitrogens with one attached hydrogen (secondary N) is 1. The Morgan fingerprint density at radius 3 is 3.00 bits per heavy atom. The summed E-state index contributed by atoms with van der Waals surface area (Å²) in [5.74, 6) is 0.143. The molecule has 5 heteroatoms. The van der Waals surface area contributed by atoms with E-state index in [0.717, 1.165) is 4.47 Å². The van der Waals surface area contributed by atoms with E-state index in [0.29, 0.717) is 5.56 Å². The van der Waals surface area contributed by atoms with Gasteiger partial charge in [0.25, 0.3) is 0 Å². The van der Waals surface area contributed by atoms with Crippen molar-refractivity contribution in [1.82, 2.24) is 5.32 Å². The van der Waals surface area contributed by atoms with Crippen molar-refractivity contribution < 1.29 is 14.6 Å². The number of benzene rings is 1. The number of hydrogen-bond donors (Lipinski definition) is 2. The number of halogens is 1. The Hall–Kier alpha value is -1.23. The first-order chi connectivity index (χ1) is 6.63. The van der Waals surface area contributed by atoms with Gasteiger partial charge in [-0.15, -0.1) is 0 Å². The van der Waals surface area contributed by atoms with E-state index in [9.17, 15) is 9.90 Å². The lowest BCUT2D eigenvalue weighted by molar-refractivity contribution is 0.170. The van der Waals surface area contributed by atoms with E-state index in [2.05, 4.69) is 26.0 Å². The summed E-state index contributed by atoms with van der Waals surface area (Å²) in [5.41, 5.74) is 0.629. The summed E-state index contributed by atoms with van der Waals surface area (Å²) in [7, 11) is 1.29. The van der Waals surface area contributed by atoms with Gasteiger partial charge >= 0.3 is 6.09 Å². The third-order valence-electron chi connectivity index (χ3n) is 1.65. The molecule has 1 aromatic carbocycles. The molecule has 4 nitrogen and oxygen atoms in total. The lowest BCUT2D eigenvalue weighted by atomic mass is 10.2. The van der Waals surface area contributed by atoms with E-state index in [1.54, 1.807) is 18.2 Å². The molecule has 0 aromatic heterocycles. The molecule has 1 aromatic rings. The van der Waals surface area contributed by atoms with E-state index >= 15 is 0 Å². The Bertz CT molecular complexity index is 341. The molecule has 14 heavy (non-hydrogen) atoms. The Morgan fingerprint density at radius 1 is 1.64 bits per heavy atom. The molecule has 0 heterocycles. The number of alkyl carbamates (subject to hydrolysis) is 1. The molecule has 0 spiro atoms. The van der Waals surface area contributed by atoms with Crippen LogP contribution in [0.2, 0.25) is 0 Å². The maximum absolute atomic E-state index is 10.8. The normalized spacial score (nSPS) is 9.57. The van der Waals surface area contributed by atoms with E-state index in [1.165, 1.54) is 7.11 Å². The number of ether oxygens (including phenoxy) is 1. The predicted molar refractivity (Wildman–Crippen MR) is 55.1 cm³/mol. The van der Waals surface area contributed by atoms with Gasteiger partial charge in [-0.1, -0.05) is 15.9 Å². The third kappa shape index (κ3) is 2.92. The Kier molecular flexibility index (Phi) is 3.76. The minimum Gasteiger partial charge on any atom is -0.508 e. The fourth-order valence-electron chi connectivity index (χ4n) is 0.935. The van der Waals surface area contributed by atoms with Crippen molar-refractivity contribution in [2.45, 2.75) is 6.54 Å². The summed E-state index contributed by atoms with van der Waals surface area (Å²) in [5, 5.41) is 11.9. The molecule has 2 N–H and O–H groups in total. The van der Waals surface area contributed by atoms with Gasteiger partial charge in [-0.3, -0.25) is 0 Å². The van der Waals surface area contributed by atoms with Crippen molar-refractivity contribution in [2.75, 3.05) is 7.11 Å². The van der Waals surface area contributed by atoms with Crippen LogP contribution in [0, 0.1) is 0 Å². The standard InChI is InChI=1S/C9H10BrNO3/c1-14-9(13)11-5-6-4-7(10)2-3-8(6)12/h2-4,12H,5H2,1H3,(H,11,13). The fourth-order valence-corrected chi connectivity index (χ4v) is 1.34. The number of phenols is 1. The lowest BCUT2D eigenvalue weighted by Crippen LogP contribution is -2.22. The second-order valence-corrected chi connectivity index (χ2v) is 3.53. The summed E-state index contributed by atoms with van der Waals surface area (Å²) in [6.07, 6.45) is -0.524. The number of methoxy groups -OCH3 is 1. The van der Waals surface area contributed by atoms with Crippen molar-refractivity contribution in [3.63, 3.8) is 0 Å². The summed E-state index contributed by atoms with van der Waals surface area (Å²) in [6.45, 7) is 0.234. The molecule has 0 aliphatic rings. The first-order valence-corrected chi connectivity index (χ1v) is 4.72. The number of amides is 1. The molecule has 0 bridgehead atoms. The topological polar surface area (TPSA) is 58.6 Å². The first kappa shape index (κ1) is 10.8. The Morgan fingerprint density at radius 2 is 2.36 bits per heavy atom. The van der Waals surface area contributed by atoms with Gasteiger partial charge in [0.1, 0.15) is 5.75 Å². The summed E-state index contributed by atoms with van der Waals surface area (Å²) in [4.78, 5) is 10.8. The van der Waals surface area contributed by atoms with Crippen LogP contribution in [0.1, 0.15) is 5.56 Å². The van der Waals surface area contributed by atoms with Crippen LogP contribution < -0.4 is 5.32 Å². The van der Waals surface area contributed by atoms with Crippen LogP contribution in [-0.2, 0) is 11.3 Å². The molecule has 0 saturated carbocycles. The summed E-state index contributed by atoms with van der Waals surface area (Å²) < 4.78 is 5.24. The molecule has 0 aliphatic carbocycles. The minimum absolute atomic E-state index is 0.143. The molecular weight excluding hydrogens is 250 g/mol. The summed E-state index contributed by atoms with van der Waals surface area (Å²) >= 11 is 3.27. The molecule has 0 radical (unpaired) electrons. The molecule has 0 unspecified atom stereocenters. The zero-order valence-electron chi connectivity index (χ0n) is 7.58. The highest BCUT2D eigenvalue weighted by Crippen LogP contribution is 2.21. The highest BCUT2D eigenvalue weighted by molar-refractivity contribution is 9.10. The van der Waals surface area contributed by atoms with E-state index in [1.807, 2.05) is 0 Å². The molecule has 0 saturated heterocycles. The number of carbonyl (C=O) groups excluding carboxylic acids is 1. The van der Waals surface area contributed by atoms with Crippen LogP contribution in [0.25, 0.3) is 0 Å². The van der Waals surface area contributed by atoms with Crippen LogP contribution in [-0.4, -0.2) is 18.3 Å². The number of hydrogen-bond acceptors (Lipinski definition) is 3. The zero-order valence-corrected chi connectivity index (χ0v) is 9.17. The SMILES string of the molecule is COC(=O)NCc1cc(Br)ccc1O. The highest BCUT2D eigenvalue weighted by Gasteiger charge is 2.04. The Balaban J connectivity index is 2.66. The average molecular weight is 260 g/mol. The van der Waals surface area contributed by atoms with Crippen molar-refractivity contribution in [3.8, 4) is 5.75 Å². The van der Waals surface area contributed by atoms with Crippen LogP contribution in [0.5, 0.6) is 5.75 Å². The maximum atomic E-state index is 10.8. The lowest BCUT2D eigenvalue weighted by Gasteiger charge is -2.06. The zero-order chi connectivity index (χ0) is 10.6. The second-order valence-electron chi connectivity index (χ2n) is 2.62. The van der Waals surface area contributed by atoms with Crippen LogP contribution in [0.15, 0.2) is 22.7 Å². The van der Waals surface area contributed by atoms with E-state index in [4.69, 9.17) is 0 Å². The molecule has 0 aliphatic heterocycles. The molecule has 0 atom stereocenters. The molecule has 1 rings (SSSR count). The molecule has 76 valence electrons. The minimum atomic E-state index is -0.524. The van der Waals surface area contributed by atoms with Gasteiger partial charge in [0.2, 0.25) is 0 Å². The largest absolute Gasteiger partial charge is 0.508 e. The average Bonchev–Trinajstić information content (AvgIpc) is 2.19. The Labute approximate surface area is 90.0 Å². The smallest absolute Gasteiger partial charge is 0.407 e. The van der Waals surface area contributed by atoms with Gasteiger partial charge in [0, 0.05) is 16.6 Å². The van der Waals surface area contributed by atoms with Gasteiger partial charge in [0.15, 0.2) is 0 Å². The maximum Gasteiger partial charge on any atom is 0.407 e. The van der Waals surface area contributed by atoms with Crippen LogP contribution in [0.3, 0.4) is 0 Å². The van der Waals surface area contributed by atoms with Gasteiger partial charge in [-0.25, -0.2) is 4.79 Å². The van der Waals surface area contributed by atoms with Gasteiger partial charge in [-0.05, 0) is 18.2 Å². The van der Waals surface area contributed by atoms with E-state index < -0.39 is 6.09 Å². The number of phenolic OH excluding ortho intramolecular Hbond substituents is 1. The summed E-state index contributed by atoms with van der Waals surface area (Å²) in [6, 6.07) is 5.00. The quantitative estimate of drug-likeness (QED) is 0.855. The second kappa shape index (κ2) is 4.85. The van der Waals surface area contributed by atoms with Crippen molar-refractivity contribution >= 4 is 22.0 Å². The van der Waals surface area contributed by atoms with Gasteiger partial charge in [-0.2, -0.15) is 0 Å². The van der Waals surface area contributed by atoms with Crippen molar-refractivity contribution in [3.05, 3.63) is 28.2 Å². The molecule has 1 amide bonds.